The standard InChI is InChI=1S/C6H3BrF2.Mg.2H/c7-4-1-5(8)3-6(9)2-4;;;/h1-3H;;;. The zero-order valence-corrected chi connectivity index (χ0v) is 5.95. The lowest BCUT2D eigenvalue weighted by molar-refractivity contribution is 0.582. The topological polar surface area (TPSA) is 0 Å². The summed E-state index contributed by atoms with van der Waals surface area (Å²) in [4.78, 5) is 0. The van der Waals surface area contributed by atoms with Gasteiger partial charge in [0.05, 0.1) is 0 Å². The predicted molar refractivity (Wildman–Crippen MR) is 42.6 cm³/mol. The Morgan fingerprint density at radius 3 is 1.70 bits per heavy atom. The SMILES string of the molecule is Fc1cc(F)cc(Br)c1.[MgH2]. The first-order chi connectivity index (χ1) is 4.18. The Kier molecular flexibility index (Phi) is 4.39. The van der Waals surface area contributed by atoms with Crippen LogP contribution in [0.15, 0.2) is 22.7 Å². The zero-order chi connectivity index (χ0) is 6.85. The lowest BCUT2D eigenvalue weighted by Gasteiger charge is -1.89. The van der Waals surface area contributed by atoms with Crippen LogP contribution in [-0.4, -0.2) is 23.1 Å². The summed E-state index contributed by atoms with van der Waals surface area (Å²) < 4.78 is 24.7. The molecule has 0 radical (unpaired) electrons. The molecule has 0 unspecified atom stereocenters. The molecule has 0 bridgehead atoms. The molecule has 0 fully saturated rings. The predicted octanol–water partition coefficient (Wildman–Crippen LogP) is 1.81. The van der Waals surface area contributed by atoms with Gasteiger partial charge in [0.2, 0.25) is 0 Å². The van der Waals surface area contributed by atoms with Crippen LogP contribution in [0.1, 0.15) is 0 Å². The van der Waals surface area contributed by atoms with Crippen molar-refractivity contribution in [2.75, 3.05) is 0 Å². The van der Waals surface area contributed by atoms with Gasteiger partial charge in [-0.1, -0.05) is 15.9 Å². The van der Waals surface area contributed by atoms with Gasteiger partial charge in [-0.15, -0.1) is 0 Å². The first kappa shape index (κ1) is 10.3. The molecule has 4 heteroatoms. The smallest absolute Gasteiger partial charge is 0.207 e. The quantitative estimate of drug-likeness (QED) is 0.584. The Morgan fingerprint density at radius 2 is 1.40 bits per heavy atom. The van der Waals surface area contributed by atoms with Crippen LogP contribution in [0.5, 0.6) is 0 Å². The van der Waals surface area contributed by atoms with E-state index in [0.717, 1.165) is 6.07 Å². The van der Waals surface area contributed by atoms with Crippen molar-refractivity contribution in [2.45, 2.75) is 0 Å². The van der Waals surface area contributed by atoms with E-state index in [9.17, 15) is 8.78 Å². The van der Waals surface area contributed by atoms with Gasteiger partial charge in [0.15, 0.2) is 0 Å². The summed E-state index contributed by atoms with van der Waals surface area (Å²) in [5.41, 5.74) is 0. The maximum absolute atomic E-state index is 12.2. The molecule has 0 saturated heterocycles. The molecule has 10 heavy (non-hydrogen) atoms. The van der Waals surface area contributed by atoms with Gasteiger partial charge in [0.1, 0.15) is 11.6 Å². The van der Waals surface area contributed by atoms with E-state index in [1.165, 1.54) is 12.1 Å². The van der Waals surface area contributed by atoms with Crippen molar-refractivity contribution in [3.05, 3.63) is 34.3 Å². The molecule has 0 aliphatic heterocycles. The lowest BCUT2D eigenvalue weighted by Crippen LogP contribution is -1.77. The van der Waals surface area contributed by atoms with Crippen LogP contribution in [0.3, 0.4) is 0 Å². The summed E-state index contributed by atoms with van der Waals surface area (Å²) in [6.07, 6.45) is 0. The molecule has 0 spiro atoms. The second-order valence-corrected chi connectivity index (χ2v) is 2.50. The van der Waals surface area contributed by atoms with Crippen LogP contribution in [0, 0.1) is 11.6 Å². The van der Waals surface area contributed by atoms with Gasteiger partial charge < -0.3 is 0 Å². The molecule has 0 aliphatic rings. The average Bonchev–Trinajstić information content (AvgIpc) is 1.59. The second-order valence-electron chi connectivity index (χ2n) is 1.59. The van der Waals surface area contributed by atoms with Crippen LogP contribution in [-0.2, 0) is 0 Å². The van der Waals surface area contributed by atoms with E-state index in [1.54, 1.807) is 0 Å². The van der Waals surface area contributed by atoms with Crippen molar-refractivity contribution >= 4 is 39.0 Å². The number of halogens is 3. The highest BCUT2D eigenvalue weighted by Gasteiger charge is 1.95. The van der Waals surface area contributed by atoms with E-state index in [2.05, 4.69) is 15.9 Å². The minimum absolute atomic E-state index is 0. The molecule has 0 amide bonds. The highest BCUT2D eigenvalue weighted by molar-refractivity contribution is 9.10. The largest absolute Gasteiger partial charge is 0.316 e. The molecule has 0 saturated carbocycles. The molecular weight excluding hydrogens is 214 g/mol. The van der Waals surface area contributed by atoms with Crippen LogP contribution in [0.2, 0.25) is 0 Å². The van der Waals surface area contributed by atoms with Gasteiger partial charge in [-0.3, -0.25) is 0 Å². The van der Waals surface area contributed by atoms with Crippen molar-refractivity contribution in [1.82, 2.24) is 0 Å². The van der Waals surface area contributed by atoms with E-state index >= 15 is 0 Å². The molecule has 0 heterocycles. The van der Waals surface area contributed by atoms with Crippen molar-refractivity contribution in [1.29, 1.82) is 0 Å². The van der Waals surface area contributed by atoms with Gasteiger partial charge in [-0.25, -0.2) is 8.78 Å². The second kappa shape index (κ2) is 4.26. The molecule has 0 aromatic heterocycles. The monoisotopic (exact) mass is 218 g/mol. The Hall–Kier alpha value is 0.326. The van der Waals surface area contributed by atoms with Crippen LogP contribution < -0.4 is 0 Å². The Labute approximate surface area is 81.9 Å². The minimum atomic E-state index is -0.568. The van der Waals surface area contributed by atoms with Gasteiger partial charge in [-0.2, -0.15) is 0 Å². The summed E-state index contributed by atoms with van der Waals surface area (Å²) in [5, 5.41) is 0. The van der Waals surface area contributed by atoms with Crippen molar-refractivity contribution in [3.63, 3.8) is 0 Å². The highest BCUT2D eigenvalue weighted by atomic mass is 79.9. The normalized spacial score (nSPS) is 8.70. The number of hydrogen-bond acceptors (Lipinski definition) is 0. The number of rotatable bonds is 0. The summed E-state index contributed by atoms with van der Waals surface area (Å²) in [5.74, 6) is -1.14. The molecule has 52 valence electrons. The van der Waals surface area contributed by atoms with Crippen LogP contribution >= 0.6 is 15.9 Å². The first-order valence-corrected chi connectivity index (χ1v) is 3.09. The molecule has 0 nitrogen and oxygen atoms in total. The van der Waals surface area contributed by atoms with Gasteiger partial charge in [0, 0.05) is 10.5 Å². The van der Waals surface area contributed by atoms with Gasteiger partial charge in [-0.05, 0) is 12.1 Å². The summed E-state index contributed by atoms with van der Waals surface area (Å²) in [6.45, 7) is 0. The fraction of sp³-hybridized carbons (Fsp3) is 0. The third-order valence-electron chi connectivity index (χ3n) is 0.827. The Balaban J connectivity index is 0.000000810. The van der Waals surface area contributed by atoms with E-state index in [0.29, 0.717) is 4.47 Å². The van der Waals surface area contributed by atoms with E-state index in [1.807, 2.05) is 0 Å². The van der Waals surface area contributed by atoms with Crippen LogP contribution in [0.4, 0.5) is 8.78 Å². The number of benzene rings is 1. The van der Waals surface area contributed by atoms with Crippen molar-refractivity contribution < 1.29 is 8.78 Å². The molecular formula is C6H5BrF2Mg. The molecule has 1 aromatic rings. The first-order valence-electron chi connectivity index (χ1n) is 2.30. The maximum Gasteiger partial charge on any atom is 0.316 e. The van der Waals surface area contributed by atoms with Crippen LogP contribution in [0.25, 0.3) is 0 Å². The van der Waals surface area contributed by atoms with Crippen molar-refractivity contribution in [2.24, 2.45) is 0 Å². The maximum atomic E-state index is 12.2. The van der Waals surface area contributed by atoms with Gasteiger partial charge in [0.25, 0.3) is 0 Å². The fourth-order valence-corrected chi connectivity index (χ4v) is 0.958. The third kappa shape index (κ3) is 2.94. The highest BCUT2D eigenvalue weighted by Crippen LogP contribution is 2.12. The summed E-state index contributed by atoms with van der Waals surface area (Å²) in [6, 6.07) is 3.22. The third-order valence-corrected chi connectivity index (χ3v) is 1.29. The van der Waals surface area contributed by atoms with Gasteiger partial charge >= 0.3 is 23.1 Å². The molecule has 1 rings (SSSR count). The molecule has 1 aromatic carbocycles. The molecule has 0 N–H and O–H groups in total. The zero-order valence-electron chi connectivity index (χ0n) is 4.37. The van der Waals surface area contributed by atoms with E-state index < -0.39 is 11.6 Å². The lowest BCUT2D eigenvalue weighted by atomic mass is 10.3. The average molecular weight is 219 g/mol. The van der Waals surface area contributed by atoms with Crippen molar-refractivity contribution in [3.8, 4) is 0 Å². The Morgan fingerprint density at radius 1 is 1.00 bits per heavy atom. The summed E-state index contributed by atoms with van der Waals surface area (Å²) >= 11 is 2.93. The van der Waals surface area contributed by atoms with E-state index in [4.69, 9.17) is 0 Å². The molecule has 0 atom stereocenters. The fourth-order valence-electron chi connectivity index (χ4n) is 0.520. The minimum Gasteiger partial charge on any atom is -0.207 e. The Bertz CT molecular complexity index is 177. The van der Waals surface area contributed by atoms with E-state index in [-0.39, 0.29) is 23.1 Å². The number of hydrogen-bond donors (Lipinski definition) is 0. The molecule has 0 aliphatic carbocycles. The summed E-state index contributed by atoms with van der Waals surface area (Å²) in [7, 11) is 0.